The Morgan fingerprint density at radius 3 is 3.00 bits per heavy atom. The van der Waals surface area contributed by atoms with Gasteiger partial charge in [-0.25, -0.2) is 4.39 Å². The normalized spacial score (nSPS) is 18.8. The molecule has 102 valence electrons. The molecule has 5 heteroatoms. The van der Waals surface area contributed by atoms with Crippen LogP contribution in [0.1, 0.15) is 16.5 Å². The molecule has 2 heterocycles. The van der Waals surface area contributed by atoms with Crippen molar-refractivity contribution in [1.29, 1.82) is 5.26 Å². The average molecular weight is 288 g/mol. The number of thiophene rings is 1. The molecule has 1 aliphatic heterocycles. The lowest BCUT2D eigenvalue weighted by Crippen LogP contribution is -2.38. The molecule has 1 aromatic carbocycles. The fourth-order valence-corrected chi connectivity index (χ4v) is 3.17. The van der Waals surface area contributed by atoms with Gasteiger partial charge in [-0.3, -0.25) is 0 Å². The first-order valence-corrected chi connectivity index (χ1v) is 7.26. The third kappa shape index (κ3) is 2.40. The first-order valence-electron chi connectivity index (χ1n) is 6.38. The monoisotopic (exact) mass is 288 g/mol. The predicted molar refractivity (Wildman–Crippen MR) is 76.3 cm³/mol. The van der Waals surface area contributed by atoms with Gasteiger partial charge in [0.2, 0.25) is 0 Å². The molecule has 1 aliphatic rings. The van der Waals surface area contributed by atoms with Crippen LogP contribution in [0.3, 0.4) is 0 Å². The summed E-state index contributed by atoms with van der Waals surface area (Å²) in [5.74, 6) is -0.468. The van der Waals surface area contributed by atoms with Gasteiger partial charge in [0.1, 0.15) is 23.6 Å². The Hall–Kier alpha value is -1.90. The largest absolute Gasteiger partial charge is 0.369 e. The molecular formula is C15H13FN2OS. The van der Waals surface area contributed by atoms with Crippen LogP contribution in [-0.4, -0.2) is 19.7 Å². The third-order valence-corrected chi connectivity index (χ3v) is 4.34. The molecule has 0 radical (unpaired) electrons. The van der Waals surface area contributed by atoms with E-state index in [1.807, 2.05) is 28.5 Å². The quantitative estimate of drug-likeness (QED) is 0.850. The van der Waals surface area contributed by atoms with E-state index in [9.17, 15) is 4.39 Å². The highest BCUT2D eigenvalue weighted by Gasteiger charge is 2.25. The van der Waals surface area contributed by atoms with Crippen LogP contribution >= 0.6 is 11.3 Å². The molecular weight excluding hydrogens is 275 g/mol. The summed E-state index contributed by atoms with van der Waals surface area (Å²) >= 11 is 1.65. The highest BCUT2D eigenvalue weighted by Crippen LogP contribution is 2.30. The standard InChI is InChI=1S/C15H13FN2OS/c16-12-3-1-4-13(11(12)9-17)18-6-7-19-14(10-18)15-5-2-8-20-15/h1-5,8,14H,6-7,10H2. The second-order valence-corrected chi connectivity index (χ2v) is 5.55. The molecule has 0 aliphatic carbocycles. The van der Waals surface area contributed by atoms with E-state index in [1.165, 1.54) is 6.07 Å². The number of benzene rings is 1. The average Bonchev–Trinajstić information content (AvgIpc) is 3.01. The molecule has 1 atom stereocenters. The summed E-state index contributed by atoms with van der Waals surface area (Å²) in [7, 11) is 0. The highest BCUT2D eigenvalue weighted by atomic mass is 32.1. The number of halogens is 1. The molecule has 0 N–H and O–H groups in total. The van der Waals surface area contributed by atoms with Crippen LogP contribution in [0.4, 0.5) is 10.1 Å². The van der Waals surface area contributed by atoms with Crippen molar-refractivity contribution >= 4 is 17.0 Å². The van der Waals surface area contributed by atoms with Gasteiger partial charge >= 0.3 is 0 Å². The van der Waals surface area contributed by atoms with Gasteiger partial charge in [-0.15, -0.1) is 11.3 Å². The van der Waals surface area contributed by atoms with Crippen LogP contribution in [0.15, 0.2) is 35.7 Å². The van der Waals surface area contributed by atoms with Crippen molar-refractivity contribution in [3.8, 4) is 6.07 Å². The first kappa shape index (κ1) is 13.1. The lowest BCUT2D eigenvalue weighted by Gasteiger charge is -2.34. The lowest BCUT2D eigenvalue weighted by molar-refractivity contribution is 0.0421. The smallest absolute Gasteiger partial charge is 0.143 e. The van der Waals surface area contributed by atoms with E-state index >= 15 is 0 Å². The summed E-state index contributed by atoms with van der Waals surface area (Å²) in [6.07, 6.45) is -0.0152. The summed E-state index contributed by atoms with van der Waals surface area (Å²) in [4.78, 5) is 3.18. The molecule has 2 aromatic rings. The van der Waals surface area contributed by atoms with Crippen molar-refractivity contribution in [2.24, 2.45) is 0 Å². The maximum atomic E-state index is 13.7. The fraction of sp³-hybridized carbons (Fsp3) is 0.267. The molecule has 3 nitrogen and oxygen atoms in total. The maximum absolute atomic E-state index is 13.7. The molecule has 1 fully saturated rings. The van der Waals surface area contributed by atoms with Gasteiger partial charge in [0.05, 0.1) is 12.3 Å². The summed E-state index contributed by atoms with van der Waals surface area (Å²) in [5, 5.41) is 11.1. The number of rotatable bonds is 2. The molecule has 1 aromatic heterocycles. The zero-order valence-corrected chi connectivity index (χ0v) is 11.6. The van der Waals surface area contributed by atoms with E-state index in [0.29, 0.717) is 25.4 Å². The van der Waals surface area contributed by atoms with Crippen LogP contribution in [0, 0.1) is 17.1 Å². The predicted octanol–water partition coefficient (Wildman–Crippen LogP) is 3.34. The fourth-order valence-electron chi connectivity index (χ4n) is 2.40. The van der Waals surface area contributed by atoms with E-state index < -0.39 is 5.82 Å². The second-order valence-electron chi connectivity index (χ2n) is 4.57. The van der Waals surface area contributed by atoms with Crippen molar-refractivity contribution in [1.82, 2.24) is 0 Å². The Kier molecular flexibility index (Phi) is 3.68. The summed E-state index contributed by atoms with van der Waals surface area (Å²) in [6.45, 7) is 1.88. The van der Waals surface area contributed by atoms with Gasteiger partial charge in [-0.05, 0) is 23.6 Å². The summed E-state index contributed by atoms with van der Waals surface area (Å²) in [6, 6.07) is 10.7. The van der Waals surface area contributed by atoms with Crippen molar-refractivity contribution < 1.29 is 9.13 Å². The van der Waals surface area contributed by atoms with Crippen LogP contribution in [0.5, 0.6) is 0 Å². The van der Waals surface area contributed by atoms with Gasteiger partial charge < -0.3 is 9.64 Å². The minimum Gasteiger partial charge on any atom is -0.369 e. The zero-order chi connectivity index (χ0) is 13.9. The number of anilines is 1. The Morgan fingerprint density at radius 2 is 2.25 bits per heavy atom. The number of nitrogens with zero attached hydrogens (tertiary/aromatic N) is 2. The number of ether oxygens (including phenoxy) is 1. The zero-order valence-electron chi connectivity index (χ0n) is 10.8. The molecule has 1 unspecified atom stereocenters. The number of morpholine rings is 1. The lowest BCUT2D eigenvalue weighted by atomic mass is 10.1. The van der Waals surface area contributed by atoms with Crippen LogP contribution in [0.2, 0.25) is 0 Å². The van der Waals surface area contributed by atoms with Crippen molar-refractivity contribution in [2.75, 3.05) is 24.6 Å². The number of hydrogen-bond acceptors (Lipinski definition) is 4. The molecule has 1 saturated heterocycles. The Bertz CT molecular complexity index is 636. The molecule has 0 bridgehead atoms. The van der Waals surface area contributed by atoms with Crippen molar-refractivity contribution in [2.45, 2.75) is 6.10 Å². The highest BCUT2D eigenvalue weighted by molar-refractivity contribution is 7.10. The first-order chi connectivity index (χ1) is 9.79. The van der Waals surface area contributed by atoms with E-state index in [0.717, 1.165) is 4.88 Å². The number of hydrogen-bond donors (Lipinski definition) is 0. The van der Waals surface area contributed by atoms with Crippen molar-refractivity contribution in [3.05, 3.63) is 52.0 Å². The maximum Gasteiger partial charge on any atom is 0.143 e. The second kappa shape index (κ2) is 5.61. The van der Waals surface area contributed by atoms with Gasteiger partial charge in [0.25, 0.3) is 0 Å². The van der Waals surface area contributed by atoms with Gasteiger partial charge in [0.15, 0.2) is 0 Å². The Balaban J connectivity index is 1.88. The molecule has 20 heavy (non-hydrogen) atoms. The molecule has 0 amide bonds. The summed E-state index contributed by atoms with van der Waals surface area (Å²) < 4.78 is 19.5. The van der Waals surface area contributed by atoms with Crippen LogP contribution in [0.25, 0.3) is 0 Å². The van der Waals surface area contributed by atoms with Gasteiger partial charge in [-0.1, -0.05) is 12.1 Å². The van der Waals surface area contributed by atoms with E-state index in [4.69, 9.17) is 10.00 Å². The van der Waals surface area contributed by atoms with E-state index in [1.54, 1.807) is 23.5 Å². The Morgan fingerprint density at radius 1 is 1.35 bits per heavy atom. The minimum absolute atomic E-state index is 0.0152. The molecule has 0 spiro atoms. The van der Waals surface area contributed by atoms with E-state index in [-0.39, 0.29) is 11.7 Å². The van der Waals surface area contributed by atoms with Crippen molar-refractivity contribution in [3.63, 3.8) is 0 Å². The van der Waals surface area contributed by atoms with Gasteiger partial charge in [-0.2, -0.15) is 5.26 Å². The van der Waals surface area contributed by atoms with E-state index in [2.05, 4.69) is 0 Å². The summed E-state index contributed by atoms with van der Waals surface area (Å²) in [5.41, 5.74) is 0.761. The Labute approximate surface area is 120 Å². The minimum atomic E-state index is -0.468. The topological polar surface area (TPSA) is 36.3 Å². The SMILES string of the molecule is N#Cc1c(F)cccc1N1CCOC(c2cccs2)C1. The van der Waals surface area contributed by atoms with Crippen LogP contribution in [-0.2, 0) is 4.74 Å². The molecule has 0 saturated carbocycles. The number of nitriles is 1. The molecule has 3 rings (SSSR count). The van der Waals surface area contributed by atoms with Crippen LogP contribution < -0.4 is 4.90 Å². The van der Waals surface area contributed by atoms with Gasteiger partial charge in [0, 0.05) is 18.0 Å². The third-order valence-electron chi connectivity index (χ3n) is 3.37.